The lowest BCUT2D eigenvalue weighted by Crippen LogP contribution is -2.35. The maximum absolute atomic E-state index is 11.3. The molecule has 0 aliphatic carbocycles. The number of aliphatic carboxylic acids is 1. The summed E-state index contributed by atoms with van der Waals surface area (Å²) in [5.74, 6) is 0.0545. The molecule has 6 nitrogen and oxygen atoms in total. The van der Waals surface area contributed by atoms with Crippen LogP contribution in [0.15, 0.2) is 48.8 Å². The smallest absolute Gasteiger partial charge is 0.320 e. The van der Waals surface area contributed by atoms with Crippen LogP contribution in [0.2, 0.25) is 0 Å². The number of benzene rings is 1. The Hall–Kier alpha value is -2.86. The van der Waals surface area contributed by atoms with Crippen LogP contribution in [-0.4, -0.2) is 37.9 Å². The van der Waals surface area contributed by atoms with Gasteiger partial charge in [0.1, 0.15) is 24.0 Å². The van der Waals surface area contributed by atoms with Crippen molar-refractivity contribution >= 4 is 11.6 Å². The number of carboxylic acids is 1. The van der Waals surface area contributed by atoms with E-state index in [0.717, 1.165) is 47.6 Å². The van der Waals surface area contributed by atoms with Crippen molar-refractivity contribution < 1.29 is 14.6 Å². The molecular weight excluding hydrogens is 342 g/mol. The summed E-state index contributed by atoms with van der Waals surface area (Å²) in [6, 6.07) is 11.5. The van der Waals surface area contributed by atoms with Crippen molar-refractivity contribution in [3.8, 4) is 5.75 Å². The Morgan fingerprint density at radius 1 is 1.30 bits per heavy atom. The van der Waals surface area contributed by atoms with Crippen LogP contribution in [0, 0.1) is 6.92 Å². The summed E-state index contributed by atoms with van der Waals surface area (Å²) in [6.45, 7) is 3.94. The number of carbonyl (C=O) groups is 1. The van der Waals surface area contributed by atoms with Gasteiger partial charge in [-0.2, -0.15) is 0 Å². The Labute approximate surface area is 158 Å². The Kier molecular flexibility index (Phi) is 4.81. The standard InChI is InChI=1S/C21H23N3O3/c1-15-4-2-11-24-13-17(22-20(15)24)14-27-18-8-6-16(7-9-18)12-23-10-3-5-19(23)21(25)26/h2,4,6-9,11,13,19H,3,5,10,12,14H2,1H3,(H,25,26)/t19-/m0/s1. The Morgan fingerprint density at radius 3 is 2.85 bits per heavy atom. The lowest BCUT2D eigenvalue weighted by molar-refractivity contribution is -0.142. The van der Waals surface area contributed by atoms with Gasteiger partial charge in [0.15, 0.2) is 0 Å². The van der Waals surface area contributed by atoms with Crippen LogP contribution >= 0.6 is 0 Å². The van der Waals surface area contributed by atoms with Gasteiger partial charge in [0, 0.05) is 18.9 Å². The van der Waals surface area contributed by atoms with Crippen molar-refractivity contribution in [2.45, 2.75) is 39.0 Å². The van der Waals surface area contributed by atoms with Gasteiger partial charge in [-0.25, -0.2) is 4.98 Å². The minimum atomic E-state index is -0.727. The van der Waals surface area contributed by atoms with Crippen molar-refractivity contribution in [3.05, 3.63) is 65.6 Å². The van der Waals surface area contributed by atoms with E-state index in [2.05, 4.69) is 4.98 Å². The third-order valence-electron chi connectivity index (χ3n) is 5.07. The van der Waals surface area contributed by atoms with Gasteiger partial charge in [-0.1, -0.05) is 18.2 Å². The molecule has 140 valence electrons. The van der Waals surface area contributed by atoms with Crippen LogP contribution < -0.4 is 4.74 Å². The lowest BCUT2D eigenvalue weighted by atomic mass is 10.2. The molecule has 1 saturated heterocycles. The number of imidazole rings is 1. The molecule has 0 spiro atoms. The number of rotatable bonds is 6. The van der Waals surface area contributed by atoms with E-state index in [4.69, 9.17) is 4.74 Å². The first kappa shape index (κ1) is 17.5. The van der Waals surface area contributed by atoms with E-state index in [0.29, 0.717) is 13.2 Å². The zero-order valence-corrected chi connectivity index (χ0v) is 15.3. The van der Waals surface area contributed by atoms with E-state index in [-0.39, 0.29) is 6.04 Å². The maximum atomic E-state index is 11.3. The molecule has 0 unspecified atom stereocenters. The van der Waals surface area contributed by atoms with Gasteiger partial charge in [-0.05, 0) is 55.6 Å². The van der Waals surface area contributed by atoms with Crippen molar-refractivity contribution in [1.82, 2.24) is 14.3 Å². The van der Waals surface area contributed by atoms with Gasteiger partial charge in [0.2, 0.25) is 0 Å². The summed E-state index contributed by atoms with van der Waals surface area (Å²) in [5.41, 5.74) is 4.06. The van der Waals surface area contributed by atoms with Crippen LogP contribution in [0.4, 0.5) is 0 Å². The molecule has 3 aromatic rings. The molecule has 6 heteroatoms. The van der Waals surface area contributed by atoms with Gasteiger partial charge in [-0.3, -0.25) is 9.69 Å². The fourth-order valence-corrected chi connectivity index (χ4v) is 3.65. The molecule has 1 aliphatic heterocycles. The number of hydrogen-bond acceptors (Lipinski definition) is 4. The zero-order valence-electron chi connectivity index (χ0n) is 15.3. The largest absolute Gasteiger partial charge is 0.487 e. The molecule has 0 amide bonds. The average Bonchev–Trinajstić information content (AvgIpc) is 3.28. The van der Waals surface area contributed by atoms with Crippen molar-refractivity contribution in [2.75, 3.05) is 6.54 Å². The first-order valence-corrected chi connectivity index (χ1v) is 9.22. The number of aryl methyl sites for hydroxylation is 1. The number of likely N-dealkylation sites (tertiary alicyclic amines) is 1. The molecule has 27 heavy (non-hydrogen) atoms. The maximum Gasteiger partial charge on any atom is 0.320 e. The summed E-state index contributed by atoms with van der Waals surface area (Å²) >= 11 is 0. The van der Waals surface area contributed by atoms with Crippen molar-refractivity contribution in [2.24, 2.45) is 0 Å². The molecule has 1 aliphatic rings. The Morgan fingerprint density at radius 2 is 2.11 bits per heavy atom. The summed E-state index contributed by atoms with van der Waals surface area (Å²) in [6.07, 6.45) is 5.64. The van der Waals surface area contributed by atoms with E-state index < -0.39 is 5.97 Å². The average molecular weight is 365 g/mol. The normalized spacial score (nSPS) is 17.4. The molecule has 1 aromatic carbocycles. The fraction of sp³-hybridized carbons (Fsp3) is 0.333. The first-order valence-electron chi connectivity index (χ1n) is 9.22. The predicted molar refractivity (Wildman–Crippen MR) is 102 cm³/mol. The van der Waals surface area contributed by atoms with Crippen molar-refractivity contribution in [1.29, 1.82) is 0 Å². The van der Waals surface area contributed by atoms with Crippen LogP contribution in [0.1, 0.15) is 29.7 Å². The Bertz CT molecular complexity index is 949. The van der Waals surface area contributed by atoms with Crippen LogP contribution in [0.5, 0.6) is 5.75 Å². The SMILES string of the molecule is Cc1cccn2cc(COc3ccc(CN4CCC[C@H]4C(=O)O)cc3)nc12. The monoisotopic (exact) mass is 365 g/mol. The quantitative estimate of drug-likeness (QED) is 0.726. The third kappa shape index (κ3) is 3.80. The number of pyridine rings is 1. The van der Waals surface area contributed by atoms with Gasteiger partial charge in [-0.15, -0.1) is 0 Å². The highest BCUT2D eigenvalue weighted by Crippen LogP contribution is 2.22. The molecule has 0 saturated carbocycles. The van der Waals surface area contributed by atoms with Crippen LogP contribution in [0.3, 0.4) is 0 Å². The topological polar surface area (TPSA) is 67.1 Å². The Balaban J connectivity index is 1.37. The molecule has 2 aromatic heterocycles. The molecule has 0 radical (unpaired) electrons. The molecule has 1 atom stereocenters. The van der Waals surface area contributed by atoms with Crippen LogP contribution in [0.25, 0.3) is 5.65 Å². The van der Waals surface area contributed by atoms with Gasteiger partial charge < -0.3 is 14.2 Å². The molecular formula is C21H23N3O3. The van der Waals surface area contributed by atoms with Gasteiger partial charge in [0.05, 0.1) is 5.69 Å². The van der Waals surface area contributed by atoms with E-state index >= 15 is 0 Å². The zero-order chi connectivity index (χ0) is 18.8. The van der Waals surface area contributed by atoms with E-state index in [1.807, 2.05) is 65.0 Å². The minimum Gasteiger partial charge on any atom is -0.487 e. The third-order valence-corrected chi connectivity index (χ3v) is 5.07. The second-order valence-electron chi connectivity index (χ2n) is 7.05. The number of ether oxygens (including phenoxy) is 1. The van der Waals surface area contributed by atoms with E-state index in [9.17, 15) is 9.90 Å². The fourth-order valence-electron chi connectivity index (χ4n) is 3.65. The lowest BCUT2D eigenvalue weighted by Gasteiger charge is -2.21. The van der Waals surface area contributed by atoms with Crippen molar-refractivity contribution in [3.63, 3.8) is 0 Å². The molecule has 3 heterocycles. The highest BCUT2D eigenvalue weighted by atomic mass is 16.5. The number of aromatic nitrogens is 2. The first-order chi connectivity index (χ1) is 13.1. The number of hydrogen-bond donors (Lipinski definition) is 1. The highest BCUT2D eigenvalue weighted by Gasteiger charge is 2.30. The molecule has 0 bridgehead atoms. The second-order valence-corrected chi connectivity index (χ2v) is 7.05. The molecule has 4 rings (SSSR count). The molecule has 1 fully saturated rings. The predicted octanol–water partition coefficient (Wildman–Crippen LogP) is 3.27. The number of carboxylic acid groups (broad SMARTS) is 1. The van der Waals surface area contributed by atoms with Gasteiger partial charge in [0.25, 0.3) is 0 Å². The second kappa shape index (κ2) is 7.40. The number of fused-ring (bicyclic) bond motifs is 1. The summed E-state index contributed by atoms with van der Waals surface area (Å²) in [7, 11) is 0. The van der Waals surface area contributed by atoms with E-state index in [1.54, 1.807) is 0 Å². The van der Waals surface area contributed by atoms with Gasteiger partial charge >= 0.3 is 5.97 Å². The minimum absolute atomic E-state index is 0.362. The molecule has 1 N–H and O–H groups in total. The summed E-state index contributed by atoms with van der Waals surface area (Å²) < 4.78 is 7.87. The van der Waals surface area contributed by atoms with Crippen LogP contribution in [-0.2, 0) is 17.9 Å². The summed E-state index contributed by atoms with van der Waals surface area (Å²) in [5, 5.41) is 9.28. The highest BCUT2D eigenvalue weighted by molar-refractivity contribution is 5.73. The van der Waals surface area contributed by atoms with E-state index in [1.165, 1.54) is 0 Å². The summed E-state index contributed by atoms with van der Waals surface area (Å²) in [4.78, 5) is 17.9. The number of nitrogens with zero attached hydrogens (tertiary/aromatic N) is 3.